The zero-order valence-electron chi connectivity index (χ0n) is 6.14. The van der Waals surface area contributed by atoms with E-state index in [0.717, 1.165) is 19.0 Å². The summed E-state index contributed by atoms with van der Waals surface area (Å²) in [6, 6.07) is 0.819. The Morgan fingerprint density at radius 1 is 1.60 bits per heavy atom. The summed E-state index contributed by atoms with van der Waals surface area (Å²) in [5.74, 6) is 2.46. The number of hydrogen-bond acceptors (Lipinski definition) is 1. The van der Waals surface area contributed by atoms with Crippen molar-refractivity contribution in [3.05, 3.63) is 12.2 Å². The molecule has 54 valence electrons. The highest BCUT2D eigenvalue weighted by molar-refractivity contribution is 5.08. The number of allylic oxidation sites excluding steroid dienone is 1. The van der Waals surface area contributed by atoms with Gasteiger partial charge in [-0.3, -0.25) is 0 Å². The van der Waals surface area contributed by atoms with Crippen LogP contribution in [0.15, 0.2) is 12.2 Å². The fourth-order valence-electron chi connectivity index (χ4n) is 0.810. The molecule has 0 heterocycles. The zero-order chi connectivity index (χ0) is 7.23. The molecule has 0 saturated heterocycles. The normalized spacial score (nSPS) is 17.5. The quantitative estimate of drug-likeness (QED) is 0.453. The first kappa shape index (κ1) is 7.37. The van der Waals surface area contributed by atoms with Gasteiger partial charge in [-0.15, -0.1) is 6.42 Å². The van der Waals surface area contributed by atoms with Gasteiger partial charge in [0.05, 0.1) is 0 Å². The van der Waals surface area contributed by atoms with E-state index in [1.807, 2.05) is 6.08 Å². The second-order valence-corrected chi connectivity index (χ2v) is 2.59. The summed E-state index contributed by atoms with van der Waals surface area (Å²) in [6.45, 7) is 1.07. The molecule has 1 aliphatic rings. The lowest BCUT2D eigenvalue weighted by Crippen LogP contribution is -2.16. The van der Waals surface area contributed by atoms with Crippen LogP contribution in [-0.4, -0.2) is 12.6 Å². The van der Waals surface area contributed by atoms with E-state index in [-0.39, 0.29) is 0 Å². The van der Waals surface area contributed by atoms with E-state index in [4.69, 9.17) is 6.42 Å². The molecule has 10 heavy (non-hydrogen) atoms. The van der Waals surface area contributed by atoms with Crippen molar-refractivity contribution in [2.75, 3.05) is 6.54 Å². The highest BCUT2D eigenvalue weighted by Gasteiger charge is 2.18. The minimum absolute atomic E-state index is 0.819. The Kier molecular flexibility index (Phi) is 3.05. The molecule has 0 aromatic carbocycles. The second-order valence-electron chi connectivity index (χ2n) is 2.59. The van der Waals surface area contributed by atoms with E-state index in [9.17, 15) is 0 Å². The van der Waals surface area contributed by atoms with Crippen LogP contribution in [0.4, 0.5) is 0 Å². The summed E-state index contributed by atoms with van der Waals surface area (Å²) in [5.41, 5.74) is 0. The highest BCUT2D eigenvalue weighted by atomic mass is 14.9. The van der Waals surface area contributed by atoms with Gasteiger partial charge in [0.15, 0.2) is 0 Å². The Bertz CT molecular complexity index is 149. The number of nitrogens with one attached hydrogen (secondary N) is 1. The van der Waals surface area contributed by atoms with Crippen molar-refractivity contribution in [3.8, 4) is 12.3 Å². The summed E-state index contributed by atoms with van der Waals surface area (Å²) >= 11 is 0. The molecule has 0 radical (unpaired) electrons. The molecule has 1 N–H and O–H groups in total. The van der Waals surface area contributed by atoms with Gasteiger partial charge in [0.25, 0.3) is 0 Å². The number of terminal acetylenes is 1. The molecule has 1 aliphatic carbocycles. The Morgan fingerprint density at radius 3 is 3.00 bits per heavy atom. The van der Waals surface area contributed by atoms with Gasteiger partial charge < -0.3 is 5.32 Å². The first-order chi connectivity index (χ1) is 4.93. The van der Waals surface area contributed by atoms with E-state index >= 15 is 0 Å². The average Bonchev–Trinajstić information content (AvgIpc) is 2.71. The monoisotopic (exact) mass is 135 g/mol. The lowest BCUT2D eigenvalue weighted by atomic mass is 10.4. The zero-order valence-corrected chi connectivity index (χ0v) is 6.14. The lowest BCUT2D eigenvalue weighted by Gasteiger charge is -1.95. The molecule has 1 saturated carbocycles. The Balaban J connectivity index is 1.85. The smallest absolute Gasteiger partial charge is 0.00683 e. The first-order valence-corrected chi connectivity index (χ1v) is 3.78. The molecule has 0 spiro atoms. The van der Waals surface area contributed by atoms with Gasteiger partial charge in [-0.25, -0.2) is 0 Å². The van der Waals surface area contributed by atoms with Crippen molar-refractivity contribution >= 4 is 0 Å². The predicted molar refractivity (Wildman–Crippen MR) is 43.6 cm³/mol. The molecule has 0 unspecified atom stereocenters. The molecule has 0 bridgehead atoms. The van der Waals surface area contributed by atoms with Crippen molar-refractivity contribution < 1.29 is 0 Å². The molecule has 1 heteroatoms. The second kappa shape index (κ2) is 4.14. The van der Waals surface area contributed by atoms with Crippen molar-refractivity contribution in [3.63, 3.8) is 0 Å². The van der Waals surface area contributed by atoms with E-state index in [2.05, 4.69) is 11.2 Å². The summed E-state index contributed by atoms with van der Waals surface area (Å²) in [7, 11) is 0. The van der Waals surface area contributed by atoms with Crippen LogP contribution in [0.1, 0.15) is 19.3 Å². The van der Waals surface area contributed by atoms with Crippen molar-refractivity contribution in [2.45, 2.75) is 25.3 Å². The van der Waals surface area contributed by atoms with Gasteiger partial charge in [0, 0.05) is 6.04 Å². The Labute approximate surface area is 62.5 Å². The van der Waals surface area contributed by atoms with Gasteiger partial charge in [-0.2, -0.15) is 0 Å². The SMILES string of the molecule is C#CC=CCCNC1CC1. The van der Waals surface area contributed by atoms with Gasteiger partial charge in [0.1, 0.15) is 0 Å². The molecule has 0 aliphatic heterocycles. The van der Waals surface area contributed by atoms with Crippen molar-refractivity contribution in [1.82, 2.24) is 5.32 Å². The van der Waals surface area contributed by atoms with Gasteiger partial charge in [-0.1, -0.05) is 12.0 Å². The molecule has 0 aromatic heterocycles. The lowest BCUT2D eigenvalue weighted by molar-refractivity contribution is 0.690. The van der Waals surface area contributed by atoms with E-state index in [1.165, 1.54) is 12.8 Å². The van der Waals surface area contributed by atoms with Crippen LogP contribution >= 0.6 is 0 Å². The van der Waals surface area contributed by atoms with Gasteiger partial charge >= 0.3 is 0 Å². The molecule has 1 fully saturated rings. The van der Waals surface area contributed by atoms with Gasteiger partial charge in [0.2, 0.25) is 0 Å². The van der Waals surface area contributed by atoms with E-state index in [1.54, 1.807) is 6.08 Å². The molecule has 0 atom stereocenters. The van der Waals surface area contributed by atoms with Crippen molar-refractivity contribution in [2.24, 2.45) is 0 Å². The van der Waals surface area contributed by atoms with Crippen LogP contribution in [0.5, 0.6) is 0 Å². The van der Waals surface area contributed by atoms with Crippen LogP contribution in [0.2, 0.25) is 0 Å². The molecule has 1 nitrogen and oxygen atoms in total. The van der Waals surface area contributed by atoms with Crippen LogP contribution in [0, 0.1) is 12.3 Å². The molecular weight excluding hydrogens is 122 g/mol. The van der Waals surface area contributed by atoms with E-state index in [0.29, 0.717) is 0 Å². The predicted octanol–water partition coefficient (Wildman–Crippen LogP) is 1.32. The highest BCUT2D eigenvalue weighted by Crippen LogP contribution is 2.18. The molecule has 0 amide bonds. The largest absolute Gasteiger partial charge is 0.314 e. The maximum Gasteiger partial charge on any atom is 0.00683 e. The third-order valence-corrected chi connectivity index (χ3v) is 1.54. The van der Waals surface area contributed by atoms with Crippen LogP contribution < -0.4 is 5.32 Å². The van der Waals surface area contributed by atoms with Crippen molar-refractivity contribution in [1.29, 1.82) is 0 Å². The van der Waals surface area contributed by atoms with E-state index < -0.39 is 0 Å². The molecule has 0 aromatic rings. The van der Waals surface area contributed by atoms with Crippen LogP contribution in [-0.2, 0) is 0 Å². The number of rotatable bonds is 4. The third kappa shape index (κ3) is 3.32. The summed E-state index contributed by atoms with van der Waals surface area (Å²) in [5, 5.41) is 3.40. The maximum atomic E-state index is 5.03. The average molecular weight is 135 g/mol. The minimum Gasteiger partial charge on any atom is -0.314 e. The Morgan fingerprint density at radius 2 is 2.40 bits per heavy atom. The fourth-order valence-corrected chi connectivity index (χ4v) is 0.810. The van der Waals surface area contributed by atoms with Crippen LogP contribution in [0.25, 0.3) is 0 Å². The third-order valence-electron chi connectivity index (χ3n) is 1.54. The molecule has 1 rings (SSSR count). The molecular formula is C9H13N. The summed E-state index contributed by atoms with van der Waals surface area (Å²) < 4.78 is 0. The van der Waals surface area contributed by atoms with Crippen LogP contribution in [0.3, 0.4) is 0 Å². The maximum absolute atomic E-state index is 5.03. The standard InChI is InChI=1S/C9H13N/c1-2-3-4-5-8-10-9-6-7-9/h1,3-4,9-10H,5-8H2. The topological polar surface area (TPSA) is 12.0 Å². The fraction of sp³-hybridized carbons (Fsp3) is 0.556. The van der Waals surface area contributed by atoms with Gasteiger partial charge in [-0.05, 0) is 31.9 Å². The number of hydrogen-bond donors (Lipinski definition) is 1. The summed E-state index contributed by atoms with van der Waals surface area (Å²) in [6.07, 6.45) is 12.6. The first-order valence-electron chi connectivity index (χ1n) is 3.78. The minimum atomic E-state index is 0.819. The Hall–Kier alpha value is -0.740. The summed E-state index contributed by atoms with van der Waals surface area (Å²) in [4.78, 5) is 0.